The van der Waals surface area contributed by atoms with Crippen molar-refractivity contribution in [3.05, 3.63) is 5.51 Å². The minimum absolute atomic E-state index is 0.0951. The fourth-order valence-electron chi connectivity index (χ4n) is 2.23. The van der Waals surface area contributed by atoms with Crippen LogP contribution in [0.15, 0.2) is 5.51 Å². The summed E-state index contributed by atoms with van der Waals surface area (Å²) >= 11 is 1.32. The summed E-state index contributed by atoms with van der Waals surface area (Å²) in [6, 6.07) is 0. The molecule has 0 amide bonds. The number of carbonyl (C=O) groups excluding carboxylic acids is 2. The maximum absolute atomic E-state index is 12.2. The summed E-state index contributed by atoms with van der Waals surface area (Å²) in [5.41, 5.74) is 0.579. The molecule has 0 aromatic carbocycles. The Balaban J connectivity index is 1.93. The number of anilines is 1. The number of aromatic nitrogens is 2. The average Bonchev–Trinajstić information content (AvgIpc) is 2.96. The van der Waals surface area contributed by atoms with Crippen molar-refractivity contribution in [2.75, 3.05) is 11.9 Å². The third-order valence-electron chi connectivity index (χ3n) is 3.28. The lowest BCUT2D eigenvalue weighted by Gasteiger charge is -2.20. The van der Waals surface area contributed by atoms with Crippen LogP contribution >= 0.6 is 11.3 Å². The summed E-state index contributed by atoms with van der Waals surface area (Å²) in [4.78, 5) is 23.9. The van der Waals surface area contributed by atoms with Gasteiger partial charge in [-0.2, -0.15) is 0 Å². The van der Waals surface area contributed by atoms with Crippen LogP contribution in [0.3, 0.4) is 0 Å². The Labute approximate surface area is 115 Å². The highest BCUT2D eigenvalue weighted by Crippen LogP contribution is 2.34. The van der Waals surface area contributed by atoms with Gasteiger partial charge in [-0.3, -0.25) is 9.59 Å². The number of cyclic esters (lactones) is 1. The molecule has 1 N–H and O–H groups in total. The number of nitrogens with zero attached hydrogens (tertiary/aromatic N) is 2. The van der Waals surface area contributed by atoms with Crippen molar-refractivity contribution in [2.24, 2.45) is 5.92 Å². The Bertz CT molecular complexity index is 463. The number of carbonyl (C=O) groups is 2. The minimum Gasteiger partial charge on any atom is -0.451 e. The second-order valence-electron chi connectivity index (χ2n) is 4.86. The van der Waals surface area contributed by atoms with Gasteiger partial charge >= 0.3 is 5.97 Å². The molecule has 1 aliphatic heterocycles. The van der Waals surface area contributed by atoms with E-state index in [1.54, 1.807) is 12.4 Å². The van der Waals surface area contributed by atoms with Gasteiger partial charge in [0, 0.05) is 6.42 Å². The van der Waals surface area contributed by atoms with Gasteiger partial charge in [-0.25, -0.2) is 0 Å². The number of rotatable bonds is 6. The molecule has 0 aliphatic carbocycles. The first-order chi connectivity index (χ1) is 9.05. The predicted molar refractivity (Wildman–Crippen MR) is 70.9 cm³/mol. The van der Waals surface area contributed by atoms with Crippen LogP contribution in [0.5, 0.6) is 0 Å². The van der Waals surface area contributed by atoms with Crippen molar-refractivity contribution in [3.8, 4) is 0 Å². The van der Waals surface area contributed by atoms with Gasteiger partial charge in [0.05, 0.1) is 12.5 Å². The average molecular weight is 283 g/mol. The lowest BCUT2D eigenvalue weighted by Crippen LogP contribution is -2.39. The Morgan fingerprint density at radius 2 is 2.47 bits per heavy atom. The number of hydrogen-bond acceptors (Lipinski definition) is 7. The molecule has 0 unspecified atom stereocenters. The summed E-state index contributed by atoms with van der Waals surface area (Å²) in [5, 5.41) is 10.9. The van der Waals surface area contributed by atoms with Gasteiger partial charge in [-0.1, -0.05) is 24.7 Å². The van der Waals surface area contributed by atoms with E-state index in [4.69, 9.17) is 4.74 Å². The zero-order valence-corrected chi connectivity index (χ0v) is 11.8. The first-order valence-corrected chi connectivity index (χ1v) is 7.19. The SMILES string of the molecule is CCC[C@H]1C[C@](C)(C(=O)CNc2nncs2)OC1=O. The van der Waals surface area contributed by atoms with E-state index in [0.717, 1.165) is 12.8 Å². The van der Waals surface area contributed by atoms with Gasteiger partial charge < -0.3 is 10.1 Å². The van der Waals surface area contributed by atoms with E-state index >= 15 is 0 Å². The van der Waals surface area contributed by atoms with E-state index in [0.29, 0.717) is 11.6 Å². The fraction of sp³-hybridized carbons (Fsp3) is 0.667. The van der Waals surface area contributed by atoms with Gasteiger partial charge in [0.25, 0.3) is 0 Å². The van der Waals surface area contributed by atoms with Crippen LogP contribution in [0.1, 0.15) is 33.1 Å². The van der Waals surface area contributed by atoms with E-state index in [2.05, 4.69) is 15.5 Å². The van der Waals surface area contributed by atoms with E-state index in [1.807, 2.05) is 6.92 Å². The lowest BCUT2D eigenvalue weighted by molar-refractivity contribution is -0.156. The summed E-state index contributed by atoms with van der Waals surface area (Å²) in [5.74, 6) is -0.538. The third-order valence-corrected chi connectivity index (χ3v) is 3.93. The monoisotopic (exact) mass is 283 g/mol. The molecule has 1 saturated heterocycles. The zero-order chi connectivity index (χ0) is 13.9. The van der Waals surface area contributed by atoms with E-state index in [1.165, 1.54) is 11.3 Å². The molecule has 1 aromatic heterocycles. The lowest BCUT2D eigenvalue weighted by atomic mass is 9.89. The molecule has 1 aromatic rings. The normalized spacial score (nSPS) is 26.2. The van der Waals surface area contributed by atoms with Crippen LogP contribution < -0.4 is 5.32 Å². The third kappa shape index (κ3) is 3.09. The molecule has 2 rings (SSSR count). The van der Waals surface area contributed by atoms with Gasteiger partial charge in [-0.05, 0) is 13.3 Å². The second kappa shape index (κ2) is 5.64. The molecule has 7 heteroatoms. The smallest absolute Gasteiger partial charge is 0.310 e. The van der Waals surface area contributed by atoms with Crippen molar-refractivity contribution >= 4 is 28.2 Å². The number of nitrogens with one attached hydrogen (secondary N) is 1. The molecule has 19 heavy (non-hydrogen) atoms. The molecule has 6 nitrogen and oxygen atoms in total. The molecular weight excluding hydrogens is 266 g/mol. The highest BCUT2D eigenvalue weighted by molar-refractivity contribution is 7.13. The molecule has 2 atom stereocenters. The molecule has 0 saturated carbocycles. The maximum Gasteiger partial charge on any atom is 0.310 e. The topological polar surface area (TPSA) is 81.2 Å². The highest BCUT2D eigenvalue weighted by Gasteiger charge is 2.47. The number of Topliss-reactive ketones (excluding diaryl/α,β-unsaturated/α-hetero) is 1. The van der Waals surface area contributed by atoms with Crippen molar-refractivity contribution in [1.29, 1.82) is 0 Å². The summed E-state index contributed by atoms with van der Waals surface area (Å²) in [7, 11) is 0. The van der Waals surface area contributed by atoms with Crippen LogP contribution in [-0.4, -0.2) is 34.1 Å². The Morgan fingerprint density at radius 3 is 3.11 bits per heavy atom. The molecule has 2 heterocycles. The van der Waals surface area contributed by atoms with Crippen molar-refractivity contribution in [2.45, 2.75) is 38.7 Å². The fourth-order valence-corrected chi connectivity index (χ4v) is 2.68. The van der Waals surface area contributed by atoms with E-state index in [-0.39, 0.29) is 24.2 Å². The quantitative estimate of drug-likeness (QED) is 0.799. The van der Waals surface area contributed by atoms with Crippen LogP contribution in [0.4, 0.5) is 5.13 Å². The van der Waals surface area contributed by atoms with Crippen molar-refractivity contribution < 1.29 is 14.3 Å². The maximum atomic E-state index is 12.2. The standard InChI is InChI=1S/C12H17N3O3S/c1-3-4-8-5-12(2,18-10(8)17)9(16)6-13-11-15-14-7-19-11/h7-8H,3-6H2,1-2H3,(H,13,15)/t8-,12+/m0/s1. The Kier molecular flexibility index (Phi) is 4.14. The molecule has 1 fully saturated rings. The van der Waals surface area contributed by atoms with Gasteiger partial charge in [-0.15, -0.1) is 10.2 Å². The van der Waals surface area contributed by atoms with Gasteiger partial charge in [0.15, 0.2) is 11.4 Å². The number of ether oxygens (including phenoxy) is 1. The minimum atomic E-state index is -1.01. The van der Waals surface area contributed by atoms with Crippen LogP contribution in [-0.2, 0) is 14.3 Å². The second-order valence-corrected chi connectivity index (χ2v) is 5.70. The van der Waals surface area contributed by atoms with Gasteiger partial charge in [0.2, 0.25) is 5.13 Å². The van der Waals surface area contributed by atoms with Gasteiger partial charge in [0.1, 0.15) is 5.51 Å². The highest BCUT2D eigenvalue weighted by atomic mass is 32.1. The molecule has 1 aliphatic rings. The summed E-state index contributed by atoms with van der Waals surface area (Å²) in [6.45, 7) is 3.80. The summed E-state index contributed by atoms with van der Waals surface area (Å²) < 4.78 is 5.28. The molecule has 0 spiro atoms. The molecule has 0 radical (unpaired) electrons. The summed E-state index contributed by atoms with van der Waals surface area (Å²) in [6.07, 6.45) is 2.15. The van der Waals surface area contributed by atoms with E-state index in [9.17, 15) is 9.59 Å². The molecule has 104 valence electrons. The number of hydrogen-bond donors (Lipinski definition) is 1. The zero-order valence-electron chi connectivity index (χ0n) is 11.0. The van der Waals surface area contributed by atoms with Crippen molar-refractivity contribution in [1.82, 2.24) is 10.2 Å². The predicted octanol–water partition coefficient (Wildman–Crippen LogP) is 1.64. The van der Waals surface area contributed by atoms with Crippen LogP contribution in [0.2, 0.25) is 0 Å². The number of ketones is 1. The first-order valence-electron chi connectivity index (χ1n) is 6.31. The van der Waals surface area contributed by atoms with Crippen molar-refractivity contribution in [3.63, 3.8) is 0 Å². The van der Waals surface area contributed by atoms with E-state index < -0.39 is 5.60 Å². The Hall–Kier alpha value is -1.50. The largest absolute Gasteiger partial charge is 0.451 e. The molecular formula is C12H17N3O3S. The number of esters is 1. The first kappa shape index (κ1) is 13.9. The van der Waals surface area contributed by atoms with Crippen LogP contribution in [0, 0.1) is 5.92 Å². The molecule has 0 bridgehead atoms. The Morgan fingerprint density at radius 1 is 1.68 bits per heavy atom. The van der Waals surface area contributed by atoms with Crippen LogP contribution in [0.25, 0.3) is 0 Å².